The standard InChI is InChI=1S/C37H56N2O2S/c1-6-7-8-9-10-11-12-13-14-15-16-17-24-41-35-25-32(20-23-34(35)37(3,4)5)26-36(40)38-33-21-18-31(19-22-33)28-39-27-30(2)42-29-39/h18-23,25,27H,6-17,24,26,28-29H2,1-5H3,(H,38,40). The van der Waals surface area contributed by atoms with Crippen LogP contribution in [0.2, 0.25) is 0 Å². The largest absolute Gasteiger partial charge is 0.493 e. The van der Waals surface area contributed by atoms with Crippen LogP contribution in [0.3, 0.4) is 0 Å². The van der Waals surface area contributed by atoms with Crippen molar-refractivity contribution in [2.45, 2.75) is 130 Å². The minimum Gasteiger partial charge on any atom is -0.493 e. The molecular weight excluding hydrogens is 536 g/mol. The molecule has 0 unspecified atom stereocenters. The quantitative estimate of drug-likeness (QED) is 0.165. The smallest absolute Gasteiger partial charge is 0.228 e. The summed E-state index contributed by atoms with van der Waals surface area (Å²) in [6.07, 6.45) is 18.6. The van der Waals surface area contributed by atoms with E-state index in [0.717, 1.165) is 42.4 Å². The third kappa shape index (κ3) is 12.9. The van der Waals surface area contributed by atoms with Gasteiger partial charge < -0.3 is 15.0 Å². The first kappa shape index (κ1) is 34.1. The molecule has 0 bridgehead atoms. The third-order valence-electron chi connectivity index (χ3n) is 7.92. The Morgan fingerprint density at radius 2 is 1.45 bits per heavy atom. The van der Waals surface area contributed by atoms with E-state index in [-0.39, 0.29) is 11.3 Å². The number of hydrogen-bond donors (Lipinski definition) is 1. The van der Waals surface area contributed by atoms with Gasteiger partial charge in [-0.2, -0.15) is 0 Å². The predicted molar refractivity (Wildman–Crippen MR) is 182 cm³/mol. The number of thioether (sulfide) groups is 1. The highest BCUT2D eigenvalue weighted by atomic mass is 32.2. The molecule has 0 aliphatic carbocycles. The number of nitrogens with one attached hydrogen (secondary N) is 1. The first-order valence-corrected chi connectivity index (χ1v) is 17.4. The summed E-state index contributed by atoms with van der Waals surface area (Å²) in [6, 6.07) is 14.5. The molecule has 0 fully saturated rings. The summed E-state index contributed by atoms with van der Waals surface area (Å²) in [4.78, 5) is 16.6. The molecule has 0 radical (unpaired) electrons. The lowest BCUT2D eigenvalue weighted by Crippen LogP contribution is -2.17. The maximum absolute atomic E-state index is 12.9. The minimum absolute atomic E-state index is 0.00679. The van der Waals surface area contributed by atoms with Crippen molar-refractivity contribution in [2.24, 2.45) is 0 Å². The van der Waals surface area contributed by atoms with E-state index in [4.69, 9.17) is 4.74 Å². The van der Waals surface area contributed by atoms with Crippen LogP contribution in [0.25, 0.3) is 0 Å². The van der Waals surface area contributed by atoms with Gasteiger partial charge in [-0.05, 0) is 58.6 Å². The molecule has 0 aromatic heterocycles. The Balaban J connectivity index is 1.40. The van der Waals surface area contributed by atoms with Crippen molar-refractivity contribution >= 4 is 23.4 Å². The molecule has 2 aromatic rings. The molecule has 1 amide bonds. The number of allylic oxidation sites excluding steroid dienone is 1. The van der Waals surface area contributed by atoms with E-state index in [1.54, 1.807) is 0 Å². The summed E-state index contributed by atoms with van der Waals surface area (Å²) in [5.41, 5.74) is 4.24. The van der Waals surface area contributed by atoms with Crippen LogP contribution >= 0.6 is 11.8 Å². The van der Waals surface area contributed by atoms with Crippen molar-refractivity contribution in [2.75, 3.05) is 17.8 Å². The van der Waals surface area contributed by atoms with Crippen LogP contribution in [0.1, 0.15) is 128 Å². The maximum atomic E-state index is 12.9. The van der Waals surface area contributed by atoms with E-state index in [0.29, 0.717) is 6.42 Å². The molecule has 0 saturated carbocycles. The van der Waals surface area contributed by atoms with E-state index in [1.807, 2.05) is 23.9 Å². The molecule has 1 aliphatic heterocycles. The van der Waals surface area contributed by atoms with Gasteiger partial charge in [-0.15, -0.1) is 11.8 Å². The lowest BCUT2D eigenvalue weighted by Gasteiger charge is -2.23. The first-order chi connectivity index (χ1) is 20.2. The molecule has 3 rings (SSSR count). The zero-order chi connectivity index (χ0) is 30.2. The van der Waals surface area contributed by atoms with Gasteiger partial charge in [-0.3, -0.25) is 4.79 Å². The van der Waals surface area contributed by atoms with Gasteiger partial charge in [0.25, 0.3) is 0 Å². The van der Waals surface area contributed by atoms with Gasteiger partial charge in [0.2, 0.25) is 5.91 Å². The number of amides is 1. The Morgan fingerprint density at radius 3 is 2.02 bits per heavy atom. The fourth-order valence-electron chi connectivity index (χ4n) is 5.47. The summed E-state index contributed by atoms with van der Waals surface area (Å²) in [6.45, 7) is 12.7. The van der Waals surface area contributed by atoms with E-state index < -0.39 is 0 Å². The topological polar surface area (TPSA) is 41.6 Å². The monoisotopic (exact) mass is 592 g/mol. The number of carbonyl (C=O) groups is 1. The molecule has 1 N–H and O–H groups in total. The first-order valence-electron chi connectivity index (χ1n) is 16.4. The number of ether oxygens (including phenoxy) is 1. The van der Waals surface area contributed by atoms with Crippen molar-refractivity contribution in [3.05, 3.63) is 70.3 Å². The van der Waals surface area contributed by atoms with Crippen LogP contribution in [0, 0.1) is 0 Å². The molecule has 232 valence electrons. The molecule has 2 aromatic carbocycles. The lowest BCUT2D eigenvalue weighted by molar-refractivity contribution is -0.115. The van der Waals surface area contributed by atoms with Crippen LogP contribution < -0.4 is 10.1 Å². The SMILES string of the molecule is CCCCCCCCCCCCCCOc1cc(CC(=O)Nc2ccc(CN3C=C(C)SC3)cc2)ccc1C(C)(C)C. The number of rotatable bonds is 19. The zero-order valence-corrected chi connectivity index (χ0v) is 27.9. The number of anilines is 1. The van der Waals surface area contributed by atoms with Gasteiger partial charge >= 0.3 is 0 Å². The summed E-state index contributed by atoms with van der Waals surface area (Å²) >= 11 is 1.87. The second-order valence-electron chi connectivity index (χ2n) is 13.0. The second-order valence-corrected chi connectivity index (χ2v) is 14.2. The number of benzene rings is 2. The van der Waals surface area contributed by atoms with E-state index in [2.05, 4.69) is 81.4 Å². The van der Waals surface area contributed by atoms with Crippen molar-refractivity contribution in [3.63, 3.8) is 0 Å². The Morgan fingerprint density at radius 1 is 0.857 bits per heavy atom. The highest BCUT2D eigenvalue weighted by Crippen LogP contribution is 2.33. The highest BCUT2D eigenvalue weighted by Gasteiger charge is 2.20. The Labute approximate surface area is 261 Å². The highest BCUT2D eigenvalue weighted by molar-refractivity contribution is 8.03. The van der Waals surface area contributed by atoms with Crippen LogP contribution in [-0.2, 0) is 23.2 Å². The van der Waals surface area contributed by atoms with Crippen LogP contribution in [0.4, 0.5) is 5.69 Å². The number of unbranched alkanes of at least 4 members (excludes halogenated alkanes) is 11. The molecule has 0 saturated heterocycles. The van der Waals surface area contributed by atoms with Gasteiger partial charge in [0.15, 0.2) is 0 Å². The van der Waals surface area contributed by atoms with E-state index in [9.17, 15) is 4.79 Å². The van der Waals surface area contributed by atoms with Crippen molar-refractivity contribution in [1.29, 1.82) is 0 Å². The maximum Gasteiger partial charge on any atom is 0.228 e. The van der Waals surface area contributed by atoms with Crippen LogP contribution in [0.15, 0.2) is 53.6 Å². The molecular formula is C37H56N2O2S. The summed E-state index contributed by atoms with van der Waals surface area (Å²) in [7, 11) is 0. The van der Waals surface area contributed by atoms with Gasteiger partial charge in [-0.1, -0.05) is 123 Å². The lowest BCUT2D eigenvalue weighted by atomic mass is 9.85. The number of nitrogens with zero attached hydrogens (tertiary/aromatic N) is 1. The second kappa shape index (κ2) is 18.3. The van der Waals surface area contributed by atoms with Crippen molar-refractivity contribution in [1.82, 2.24) is 4.90 Å². The zero-order valence-electron chi connectivity index (χ0n) is 27.1. The summed E-state index contributed by atoms with van der Waals surface area (Å²) in [5.74, 6) is 1.92. The third-order valence-corrected chi connectivity index (χ3v) is 8.94. The Hall–Kier alpha value is -2.40. The van der Waals surface area contributed by atoms with Crippen molar-refractivity contribution in [3.8, 4) is 5.75 Å². The van der Waals surface area contributed by atoms with E-state index >= 15 is 0 Å². The fourth-order valence-corrected chi connectivity index (χ4v) is 6.23. The van der Waals surface area contributed by atoms with Crippen molar-refractivity contribution < 1.29 is 9.53 Å². The van der Waals surface area contributed by atoms with Gasteiger partial charge in [-0.25, -0.2) is 0 Å². The summed E-state index contributed by atoms with van der Waals surface area (Å²) < 4.78 is 6.33. The Bertz CT molecular complexity index is 1100. The van der Waals surface area contributed by atoms with Gasteiger partial charge in [0, 0.05) is 18.4 Å². The molecule has 42 heavy (non-hydrogen) atoms. The van der Waals surface area contributed by atoms with Crippen LogP contribution in [0.5, 0.6) is 5.75 Å². The number of hydrogen-bond acceptors (Lipinski definition) is 4. The normalized spacial score (nSPS) is 13.4. The van der Waals surface area contributed by atoms with Gasteiger partial charge in [0.05, 0.1) is 18.9 Å². The molecule has 0 spiro atoms. The average Bonchev–Trinajstić information content (AvgIpc) is 3.36. The molecule has 1 heterocycles. The molecule has 1 aliphatic rings. The number of carbonyl (C=O) groups excluding carboxylic acids is 1. The van der Waals surface area contributed by atoms with E-state index in [1.165, 1.54) is 86.7 Å². The predicted octanol–water partition coefficient (Wildman–Crippen LogP) is 10.6. The Kier molecular flexibility index (Phi) is 14.9. The fraction of sp³-hybridized carbons (Fsp3) is 0.595. The average molecular weight is 593 g/mol. The molecule has 5 heteroatoms. The minimum atomic E-state index is -0.0172. The summed E-state index contributed by atoms with van der Waals surface area (Å²) in [5, 5.41) is 3.07. The molecule has 0 atom stereocenters. The molecule has 4 nitrogen and oxygen atoms in total. The van der Waals surface area contributed by atoms with Gasteiger partial charge in [0.1, 0.15) is 5.75 Å². The van der Waals surface area contributed by atoms with Crippen LogP contribution in [-0.4, -0.2) is 23.3 Å².